The number of rotatable bonds is 0. The topological polar surface area (TPSA) is 12.9 Å². The molecule has 0 radical (unpaired) electrons. The van der Waals surface area contributed by atoms with Crippen molar-refractivity contribution in [2.75, 3.05) is 0 Å². The quantitative estimate of drug-likeness (QED) is 0.325. The second kappa shape index (κ2) is 4.81. The molecule has 0 unspecified atom stereocenters. The van der Waals surface area contributed by atoms with Crippen LogP contribution in [0.25, 0.3) is 0 Å². The molecule has 0 saturated carbocycles. The number of aromatic nitrogens is 1. The normalized spacial score (nSPS) is 8.70. The van der Waals surface area contributed by atoms with Gasteiger partial charge in [-0.2, -0.15) is 0 Å². The van der Waals surface area contributed by atoms with Crippen molar-refractivity contribution in [2.45, 2.75) is 0 Å². The Bertz CT molecular complexity index is 228. The summed E-state index contributed by atoms with van der Waals surface area (Å²) in [6.45, 7) is 0. The van der Waals surface area contributed by atoms with Gasteiger partial charge in [-0.1, -0.05) is 11.2 Å². The SMILES string of the molecule is Clc1[c-]c(Cl)c(Cl)nc1.[Na+]. The zero-order valence-corrected chi connectivity index (χ0v) is 9.43. The van der Waals surface area contributed by atoms with Crippen molar-refractivity contribution in [1.82, 2.24) is 4.98 Å². The van der Waals surface area contributed by atoms with Crippen LogP contribution < -0.4 is 29.6 Å². The molecular weight excluding hydrogens is 203 g/mol. The van der Waals surface area contributed by atoms with Crippen LogP contribution in [-0.2, 0) is 0 Å². The van der Waals surface area contributed by atoms with Crippen LogP contribution in [0.2, 0.25) is 15.2 Å². The molecule has 0 aromatic carbocycles. The summed E-state index contributed by atoms with van der Waals surface area (Å²) in [5.74, 6) is 0. The zero-order valence-electron chi connectivity index (χ0n) is 5.16. The van der Waals surface area contributed by atoms with Crippen LogP contribution in [0.3, 0.4) is 0 Å². The molecule has 0 aliphatic carbocycles. The van der Waals surface area contributed by atoms with E-state index in [4.69, 9.17) is 34.8 Å². The van der Waals surface area contributed by atoms with Gasteiger partial charge in [0.15, 0.2) is 0 Å². The molecule has 0 aliphatic heterocycles. The van der Waals surface area contributed by atoms with Gasteiger partial charge in [-0.25, -0.2) is 0 Å². The Morgan fingerprint density at radius 2 is 1.90 bits per heavy atom. The van der Waals surface area contributed by atoms with E-state index in [1.807, 2.05) is 0 Å². The summed E-state index contributed by atoms with van der Waals surface area (Å²) in [5.41, 5.74) is 0. The molecule has 1 aromatic heterocycles. The minimum Gasteiger partial charge on any atom is -0.370 e. The Morgan fingerprint density at radius 3 is 2.30 bits per heavy atom. The third kappa shape index (κ3) is 2.95. The van der Waals surface area contributed by atoms with Crippen LogP contribution in [-0.4, -0.2) is 4.98 Å². The van der Waals surface area contributed by atoms with Gasteiger partial charge in [0.2, 0.25) is 0 Å². The fourth-order valence-electron chi connectivity index (χ4n) is 0.359. The molecule has 48 valence electrons. The van der Waals surface area contributed by atoms with E-state index in [9.17, 15) is 0 Å². The molecule has 0 aliphatic rings. The van der Waals surface area contributed by atoms with Crippen molar-refractivity contribution in [3.8, 4) is 0 Å². The maximum atomic E-state index is 5.48. The second-order valence-corrected chi connectivity index (χ2v) is 2.48. The van der Waals surface area contributed by atoms with Crippen molar-refractivity contribution in [1.29, 1.82) is 0 Å². The van der Waals surface area contributed by atoms with Gasteiger partial charge in [-0.3, -0.25) is 0 Å². The molecule has 0 amide bonds. The number of halogens is 3. The fourth-order valence-corrected chi connectivity index (χ4v) is 0.797. The van der Waals surface area contributed by atoms with Crippen molar-refractivity contribution in [3.63, 3.8) is 0 Å². The molecule has 0 atom stereocenters. The molecule has 5 heteroatoms. The first-order chi connectivity index (χ1) is 4.20. The molecule has 0 N–H and O–H groups in total. The van der Waals surface area contributed by atoms with Crippen LogP contribution >= 0.6 is 34.8 Å². The molecule has 1 heterocycles. The van der Waals surface area contributed by atoms with E-state index in [0.717, 1.165) is 0 Å². The number of pyridine rings is 1. The summed E-state index contributed by atoms with van der Waals surface area (Å²) in [5, 5.41) is 0.842. The molecule has 1 nitrogen and oxygen atoms in total. The Morgan fingerprint density at radius 1 is 1.30 bits per heavy atom. The van der Waals surface area contributed by atoms with Crippen LogP contribution in [0.4, 0.5) is 0 Å². The van der Waals surface area contributed by atoms with Crippen molar-refractivity contribution < 1.29 is 29.6 Å². The number of nitrogens with zero attached hydrogens (tertiary/aromatic N) is 1. The van der Waals surface area contributed by atoms with Gasteiger partial charge in [0.05, 0.1) is 0 Å². The molecule has 0 saturated heterocycles. The Hall–Kier alpha value is 1.02. The predicted octanol–water partition coefficient (Wildman–Crippen LogP) is -0.154. The van der Waals surface area contributed by atoms with E-state index in [2.05, 4.69) is 11.1 Å². The van der Waals surface area contributed by atoms with Gasteiger partial charge < -0.3 is 4.98 Å². The summed E-state index contributed by atoms with van der Waals surface area (Å²) >= 11 is 16.4. The van der Waals surface area contributed by atoms with E-state index in [-0.39, 0.29) is 39.7 Å². The summed E-state index contributed by atoms with van der Waals surface area (Å²) in [6, 6.07) is 2.57. The fraction of sp³-hybridized carbons (Fsp3) is 0. The molecule has 0 bridgehead atoms. The Balaban J connectivity index is 0.000000810. The molecule has 1 aromatic rings. The summed E-state index contributed by atoms with van der Waals surface area (Å²) in [4.78, 5) is 3.65. The maximum Gasteiger partial charge on any atom is 1.00 e. The predicted molar refractivity (Wildman–Crippen MR) is 38.1 cm³/mol. The smallest absolute Gasteiger partial charge is 0.370 e. The van der Waals surface area contributed by atoms with Gasteiger partial charge in [0, 0.05) is 5.15 Å². The van der Waals surface area contributed by atoms with E-state index >= 15 is 0 Å². The van der Waals surface area contributed by atoms with E-state index < -0.39 is 0 Å². The summed E-state index contributed by atoms with van der Waals surface area (Å²) < 4.78 is 0. The minimum atomic E-state index is 0. The van der Waals surface area contributed by atoms with Gasteiger partial charge in [0.25, 0.3) is 0 Å². The monoisotopic (exact) mass is 203 g/mol. The third-order valence-corrected chi connectivity index (χ3v) is 1.55. The molecule has 0 spiro atoms. The maximum absolute atomic E-state index is 5.48. The van der Waals surface area contributed by atoms with Crippen molar-refractivity contribution >= 4 is 34.8 Å². The Kier molecular flexibility index (Phi) is 5.30. The minimum absolute atomic E-state index is 0. The molecule has 1 rings (SSSR count). The number of hydrogen-bond acceptors (Lipinski definition) is 1. The first kappa shape index (κ1) is 11.0. The van der Waals surface area contributed by atoms with Crippen LogP contribution in [0.1, 0.15) is 0 Å². The first-order valence-electron chi connectivity index (χ1n) is 2.09. The average molecular weight is 204 g/mol. The van der Waals surface area contributed by atoms with E-state index in [1.165, 1.54) is 6.20 Å². The van der Waals surface area contributed by atoms with Crippen LogP contribution in [0.15, 0.2) is 6.20 Å². The average Bonchev–Trinajstić information content (AvgIpc) is 1.80. The summed E-state index contributed by atoms with van der Waals surface area (Å²) in [6.07, 6.45) is 1.38. The molecule has 0 fully saturated rings. The molecule has 10 heavy (non-hydrogen) atoms. The van der Waals surface area contributed by atoms with Gasteiger partial charge in [-0.05, 0) is 5.02 Å². The van der Waals surface area contributed by atoms with Gasteiger partial charge in [0.1, 0.15) is 0 Å². The summed E-state index contributed by atoms with van der Waals surface area (Å²) in [7, 11) is 0. The Labute approximate surface area is 96.0 Å². The largest absolute Gasteiger partial charge is 1.00 e. The third-order valence-electron chi connectivity index (χ3n) is 0.702. The zero-order chi connectivity index (χ0) is 6.85. The van der Waals surface area contributed by atoms with Crippen molar-refractivity contribution in [3.05, 3.63) is 27.5 Å². The number of hydrogen-bond donors (Lipinski definition) is 0. The van der Waals surface area contributed by atoms with Crippen LogP contribution in [0.5, 0.6) is 0 Å². The molecular formula is C5HCl3NNa. The van der Waals surface area contributed by atoms with Crippen LogP contribution in [0, 0.1) is 6.07 Å². The van der Waals surface area contributed by atoms with Gasteiger partial charge in [-0.15, -0.1) is 40.9 Å². The van der Waals surface area contributed by atoms with E-state index in [0.29, 0.717) is 5.02 Å². The van der Waals surface area contributed by atoms with Crippen molar-refractivity contribution in [2.24, 2.45) is 0 Å². The first-order valence-corrected chi connectivity index (χ1v) is 3.22. The van der Waals surface area contributed by atoms with E-state index in [1.54, 1.807) is 0 Å². The van der Waals surface area contributed by atoms with Gasteiger partial charge >= 0.3 is 29.6 Å². The second-order valence-electron chi connectivity index (χ2n) is 1.34. The standard InChI is InChI=1S/C5HCl3N.Na/c6-3-1-4(7)5(8)9-2-3;/h2H;/q-1;+1.